The molecule has 3 rings (SSSR count). The lowest BCUT2D eigenvalue weighted by Gasteiger charge is -2.17. The second-order valence-corrected chi connectivity index (χ2v) is 6.86. The van der Waals surface area contributed by atoms with Gasteiger partial charge in [0.05, 0.1) is 10.9 Å². The summed E-state index contributed by atoms with van der Waals surface area (Å²) in [6, 6.07) is 9.99. The topological polar surface area (TPSA) is 58.6 Å². The van der Waals surface area contributed by atoms with Gasteiger partial charge in [0.2, 0.25) is 5.91 Å². The Kier molecular flexibility index (Phi) is 5.68. The van der Waals surface area contributed by atoms with E-state index in [0.29, 0.717) is 28.7 Å². The molecular formula is C19H18BrFN2O3. The maximum Gasteiger partial charge on any atom is 0.252 e. The average molecular weight is 421 g/mol. The van der Waals surface area contributed by atoms with Crippen LogP contribution in [0.15, 0.2) is 40.9 Å². The number of anilines is 2. The highest BCUT2D eigenvalue weighted by molar-refractivity contribution is 9.10. The van der Waals surface area contributed by atoms with E-state index in [1.54, 1.807) is 23.1 Å². The molecule has 1 heterocycles. The number of rotatable bonds is 5. The molecule has 0 unspecified atom stereocenters. The summed E-state index contributed by atoms with van der Waals surface area (Å²) in [6.45, 7) is 0.588. The second-order valence-electron chi connectivity index (χ2n) is 6.01. The number of carbonyl (C=O) groups is 2. The molecule has 7 heteroatoms. The van der Waals surface area contributed by atoms with Crippen molar-refractivity contribution in [3.05, 3.63) is 57.8 Å². The van der Waals surface area contributed by atoms with Crippen LogP contribution in [-0.2, 0) is 27.2 Å². The summed E-state index contributed by atoms with van der Waals surface area (Å²) < 4.78 is 18.5. The first-order chi connectivity index (χ1) is 12.5. The highest BCUT2D eigenvalue weighted by Crippen LogP contribution is 2.33. The maximum absolute atomic E-state index is 13.3. The molecule has 0 aliphatic carbocycles. The van der Waals surface area contributed by atoms with Gasteiger partial charge in [0, 0.05) is 30.6 Å². The summed E-state index contributed by atoms with van der Waals surface area (Å²) in [5.41, 5.74) is 3.14. The van der Waals surface area contributed by atoms with Gasteiger partial charge in [-0.3, -0.25) is 9.59 Å². The lowest BCUT2D eigenvalue weighted by Crippen LogP contribution is -2.31. The van der Waals surface area contributed by atoms with Crippen molar-refractivity contribution in [3.8, 4) is 0 Å². The molecule has 0 saturated heterocycles. The Morgan fingerprint density at radius 1 is 1.31 bits per heavy atom. The van der Waals surface area contributed by atoms with Crippen LogP contribution in [0.1, 0.15) is 11.1 Å². The minimum Gasteiger partial charge on any atom is -0.375 e. The zero-order valence-corrected chi connectivity index (χ0v) is 15.8. The van der Waals surface area contributed by atoms with Crippen molar-refractivity contribution in [2.45, 2.75) is 12.8 Å². The standard InChI is InChI=1S/C19H18BrFN2O3/c1-26-11-19(25)23-8-7-13-16(3-2-4-17(13)23)22-18(24)10-12-5-6-15(21)14(20)9-12/h2-6,9H,7-8,10-11H2,1H3,(H,22,24). The van der Waals surface area contributed by atoms with Crippen LogP contribution in [0.3, 0.4) is 0 Å². The van der Waals surface area contributed by atoms with Crippen LogP contribution >= 0.6 is 15.9 Å². The molecule has 0 atom stereocenters. The zero-order valence-electron chi connectivity index (χ0n) is 14.2. The normalized spacial score (nSPS) is 12.8. The third kappa shape index (κ3) is 3.94. The molecule has 1 N–H and O–H groups in total. The van der Waals surface area contributed by atoms with E-state index in [1.165, 1.54) is 13.2 Å². The number of hydrogen-bond acceptors (Lipinski definition) is 3. The predicted molar refractivity (Wildman–Crippen MR) is 101 cm³/mol. The number of benzene rings is 2. The van der Waals surface area contributed by atoms with Crippen LogP contribution in [-0.4, -0.2) is 32.1 Å². The van der Waals surface area contributed by atoms with Gasteiger partial charge in [-0.1, -0.05) is 12.1 Å². The first-order valence-electron chi connectivity index (χ1n) is 8.14. The van der Waals surface area contributed by atoms with E-state index in [9.17, 15) is 14.0 Å². The van der Waals surface area contributed by atoms with E-state index in [0.717, 1.165) is 11.3 Å². The number of nitrogens with one attached hydrogen (secondary N) is 1. The molecule has 0 spiro atoms. The summed E-state index contributed by atoms with van der Waals surface area (Å²) in [6.07, 6.45) is 0.804. The number of ether oxygens (including phenoxy) is 1. The molecule has 2 aromatic rings. The van der Waals surface area contributed by atoms with Crippen LogP contribution in [0.25, 0.3) is 0 Å². The van der Waals surface area contributed by atoms with Crippen molar-refractivity contribution < 1.29 is 18.7 Å². The summed E-state index contributed by atoms with van der Waals surface area (Å²) in [7, 11) is 1.49. The summed E-state index contributed by atoms with van der Waals surface area (Å²) in [5.74, 6) is -0.666. The monoisotopic (exact) mass is 420 g/mol. The number of nitrogens with zero attached hydrogens (tertiary/aromatic N) is 1. The van der Waals surface area contributed by atoms with Crippen molar-refractivity contribution in [3.63, 3.8) is 0 Å². The van der Waals surface area contributed by atoms with Crippen LogP contribution < -0.4 is 10.2 Å². The van der Waals surface area contributed by atoms with Crippen molar-refractivity contribution >= 4 is 39.1 Å². The van der Waals surface area contributed by atoms with Gasteiger partial charge >= 0.3 is 0 Å². The van der Waals surface area contributed by atoms with E-state index < -0.39 is 0 Å². The number of amides is 2. The number of hydrogen-bond donors (Lipinski definition) is 1. The lowest BCUT2D eigenvalue weighted by molar-refractivity contribution is -0.122. The predicted octanol–water partition coefficient (Wildman–Crippen LogP) is 3.30. The van der Waals surface area contributed by atoms with Crippen LogP contribution in [0.2, 0.25) is 0 Å². The minimum atomic E-state index is -0.365. The fourth-order valence-electron chi connectivity index (χ4n) is 3.04. The fourth-order valence-corrected chi connectivity index (χ4v) is 3.47. The van der Waals surface area contributed by atoms with Crippen molar-refractivity contribution in [2.75, 3.05) is 30.5 Å². The molecule has 0 fully saturated rings. The van der Waals surface area contributed by atoms with Gasteiger partial charge in [-0.15, -0.1) is 0 Å². The summed E-state index contributed by atoms with van der Waals surface area (Å²) in [5, 5.41) is 2.90. The average Bonchev–Trinajstić information content (AvgIpc) is 3.03. The van der Waals surface area contributed by atoms with Gasteiger partial charge in [0.15, 0.2) is 0 Å². The SMILES string of the molecule is COCC(=O)N1CCc2c(NC(=O)Cc3ccc(F)c(Br)c3)cccc21. The van der Waals surface area contributed by atoms with Gasteiger partial charge < -0.3 is 15.0 Å². The number of fused-ring (bicyclic) bond motifs is 1. The van der Waals surface area contributed by atoms with Crippen LogP contribution in [0.5, 0.6) is 0 Å². The Morgan fingerprint density at radius 2 is 2.12 bits per heavy atom. The van der Waals surface area contributed by atoms with E-state index in [2.05, 4.69) is 21.2 Å². The number of methoxy groups -OCH3 is 1. The van der Waals surface area contributed by atoms with Gasteiger partial charge in [0.25, 0.3) is 5.91 Å². The molecular weight excluding hydrogens is 403 g/mol. The third-order valence-electron chi connectivity index (χ3n) is 4.22. The summed E-state index contributed by atoms with van der Waals surface area (Å²) in [4.78, 5) is 26.2. The molecule has 26 heavy (non-hydrogen) atoms. The summed E-state index contributed by atoms with van der Waals surface area (Å²) >= 11 is 3.12. The Balaban J connectivity index is 1.74. The van der Waals surface area contributed by atoms with Gasteiger partial charge in [-0.05, 0) is 52.2 Å². The van der Waals surface area contributed by atoms with Crippen molar-refractivity contribution in [1.29, 1.82) is 0 Å². The highest BCUT2D eigenvalue weighted by Gasteiger charge is 2.26. The molecule has 0 radical (unpaired) electrons. The highest BCUT2D eigenvalue weighted by atomic mass is 79.9. The van der Waals surface area contributed by atoms with Crippen molar-refractivity contribution in [2.24, 2.45) is 0 Å². The lowest BCUT2D eigenvalue weighted by atomic mass is 10.1. The second kappa shape index (κ2) is 7.97. The Labute approximate surface area is 159 Å². The van der Waals surface area contributed by atoms with Crippen LogP contribution in [0.4, 0.5) is 15.8 Å². The quantitative estimate of drug-likeness (QED) is 0.806. The molecule has 136 valence electrons. The van der Waals surface area contributed by atoms with Crippen molar-refractivity contribution in [1.82, 2.24) is 0 Å². The van der Waals surface area contributed by atoms with Gasteiger partial charge in [-0.2, -0.15) is 0 Å². The first kappa shape index (κ1) is 18.5. The van der Waals surface area contributed by atoms with Crippen LogP contribution in [0, 0.1) is 5.82 Å². The molecule has 2 aromatic carbocycles. The smallest absolute Gasteiger partial charge is 0.252 e. The Bertz CT molecular complexity index is 857. The molecule has 0 aromatic heterocycles. The Morgan fingerprint density at radius 3 is 2.85 bits per heavy atom. The molecule has 1 aliphatic rings. The first-order valence-corrected chi connectivity index (χ1v) is 8.94. The largest absolute Gasteiger partial charge is 0.375 e. The minimum absolute atomic E-state index is 0.0233. The molecule has 2 amide bonds. The van der Waals surface area contributed by atoms with E-state index in [4.69, 9.17) is 4.74 Å². The molecule has 5 nitrogen and oxygen atoms in total. The third-order valence-corrected chi connectivity index (χ3v) is 4.83. The van der Waals surface area contributed by atoms with E-state index >= 15 is 0 Å². The fraction of sp³-hybridized carbons (Fsp3) is 0.263. The van der Waals surface area contributed by atoms with Gasteiger partial charge in [-0.25, -0.2) is 4.39 Å². The molecule has 0 bridgehead atoms. The molecule has 0 saturated carbocycles. The van der Waals surface area contributed by atoms with Gasteiger partial charge in [0.1, 0.15) is 12.4 Å². The maximum atomic E-state index is 13.3. The molecule has 1 aliphatic heterocycles. The Hall–Kier alpha value is -2.25. The number of halogens is 2. The van der Waals surface area contributed by atoms with E-state index in [-0.39, 0.29) is 30.7 Å². The number of carbonyl (C=O) groups excluding carboxylic acids is 2. The zero-order chi connectivity index (χ0) is 18.7. The van der Waals surface area contributed by atoms with E-state index in [1.807, 2.05) is 12.1 Å².